The summed E-state index contributed by atoms with van der Waals surface area (Å²) in [5, 5.41) is 0. The predicted molar refractivity (Wildman–Crippen MR) is 64.9 cm³/mol. The van der Waals surface area contributed by atoms with Gasteiger partial charge in [0.15, 0.2) is 5.58 Å². The van der Waals surface area contributed by atoms with E-state index in [1.54, 1.807) is 0 Å². The van der Waals surface area contributed by atoms with Crippen LogP contribution in [0.2, 0.25) is 0 Å². The molecule has 1 aliphatic heterocycles. The van der Waals surface area contributed by atoms with Crippen LogP contribution in [-0.4, -0.2) is 28.7 Å². The molecule has 5 heteroatoms. The van der Waals surface area contributed by atoms with Crippen LogP contribution in [0.4, 0.5) is 0 Å². The molecule has 1 aromatic carbocycles. The zero-order valence-electron chi connectivity index (χ0n) is 9.92. The summed E-state index contributed by atoms with van der Waals surface area (Å²) >= 11 is 0. The highest BCUT2D eigenvalue weighted by Gasteiger charge is 2.24. The van der Waals surface area contributed by atoms with E-state index in [-0.39, 0.29) is 6.10 Å². The zero-order chi connectivity index (χ0) is 12.1. The molecule has 1 fully saturated rings. The molecule has 0 saturated carbocycles. The molecule has 2 aromatic heterocycles. The minimum absolute atomic E-state index is 0.243. The summed E-state index contributed by atoms with van der Waals surface area (Å²) in [4.78, 5) is 4.32. The van der Waals surface area contributed by atoms with Gasteiger partial charge >= 0.3 is 5.84 Å². The highest BCUT2D eigenvalue weighted by Crippen LogP contribution is 2.29. The molecule has 18 heavy (non-hydrogen) atoms. The van der Waals surface area contributed by atoms with Crippen molar-refractivity contribution >= 4 is 16.9 Å². The Bertz CT molecular complexity index is 724. The van der Waals surface area contributed by atoms with Crippen LogP contribution in [0.25, 0.3) is 16.9 Å². The Morgan fingerprint density at radius 3 is 3.22 bits per heavy atom. The Morgan fingerprint density at radius 2 is 2.39 bits per heavy atom. The quantitative estimate of drug-likeness (QED) is 0.662. The second-order valence-electron chi connectivity index (χ2n) is 4.51. The van der Waals surface area contributed by atoms with Crippen LogP contribution in [0.3, 0.4) is 0 Å². The first-order chi connectivity index (χ1) is 8.81. The van der Waals surface area contributed by atoms with Gasteiger partial charge in [-0.15, -0.1) is 0 Å². The number of hydrogen-bond donors (Lipinski definition) is 0. The smallest absolute Gasteiger partial charge is 0.307 e. The lowest BCUT2D eigenvalue weighted by Crippen LogP contribution is -2.04. The first-order valence-electron chi connectivity index (χ1n) is 5.93. The van der Waals surface area contributed by atoms with Gasteiger partial charge in [-0.3, -0.25) is 4.40 Å². The molecule has 0 aliphatic carbocycles. The second-order valence-corrected chi connectivity index (χ2v) is 4.51. The third-order valence-electron chi connectivity index (χ3n) is 3.03. The van der Waals surface area contributed by atoms with Crippen LogP contribution in [0.5, 0.6) is 5.75 Å². The largest absolute Gasteiger partial charge is 0.488 e. The molecule has 3 heterocycles. The van der Waals surface area contributed by atoms with Gasteiger partial charge in [-0.1, -0.05) is 6.07 Å². The Labute approximate surface area is 103 Å². The van der Waals surface area contributed by atoms with Gasteiger partial charge in [-0.2, -0.15) is 4.98 Å². The normalized spacial score (nSPS) is 18.6. The topological polar surface area (TPSA) is 52.2 Å². The number of aryl methyl sites for hydroxylation is 1. The molecule has 4 rings (SSSR count). The van der Waals surface area contributed by atoms with Crippen LogP contribution in [0, 0.1) is 6.92 Å². The van der Waals surface area contributed by atoms with Gasteiger partial charge in [-0.05, 0) is 19.1 Å². The number of para-hydroxylation sites is 1. The van der Waals surface area contributed by atoms with Crippen molar-refractivity contribution in [1.29, 1.82) is 0 Å². The minimum Gasteiger partial charge on any atom is -0.488 e. The van der Waals surface area contributed by atoms with Gasteiger partial charge in [-0.25, -0.2) is 0 Å². The number of ether oxygens (including phenoxy) is 2. The van der Waals surface area contributed by atoms with Crippen molar-refractivity contribution in [2.45, 2.75) is 13.0 Å². The molecule has 3 aromatic rings. The second kappa shape index (κ2) is 3.49. The van der Waals surface area contributed by atoms with Gasteiger partial charge < -0.3 is 13.9 Å². The van der Waals surface area contributed by atoms with Gasteiger partial charge in [0.2, 0.25) is 0 Å². The summed E-state index contributed by atoms with van der Waals surface area (Å²) in [6.45, 7) is 3.32. The SMILES string of the molecule is Cc1cn2c(n1)oc1cccc(OCC3CO3)c12. The summed E-state index contributed by atoms with van der Waals surface area (Å²) < 4.78 is 18.5. The molecule has 0 spiro atoms. The van der Waals surface area contributed by atoms with E-state index in [0.717, 1.165) is 29.2 Å². The van der Waals surface area contributed by atoms with E-state index in [1.165, 1.54) is 0 Å². The number of benzene rings is 1. The fourth-order valence-electron chi connectivity index (χ4n) is 2.09. The molecule has 0 bridgehead atoms. The monoisotopic (exact) mass is 244 g/mol. The molecule has 1 aliphatic rings. The fraction of sp³-hybridized carbons (Fsp3) is 0.308. The third-order valence-corrected chi connectivity index (χ3v) is 3.03. The maximum absolute atomic E-state index is 5.79. The van der Waals surface area contributed by atoms with E-state index < -0.39 is 0 Å². The first kappa shape index (κ1) is 9.96. The average Bonchev–Trinajstić information content (AvgIpc) is 3.02. The summed E-state index contributed by atoms with van der Waals surface area (Å²) in [7, 11) is 0. The summed E-state index contributed by atoms with van der Waals surface area (Å²) in [6, 6.07) is 5.77. The molecule has 5 nitrogen and oxygen atoms in total. The van der Waals surface area contributed by atoms with Gasteiger partial charge in [0.1, 0.15) is 24.0 Å². The van der Waals surface area contributed by atoms with Gasteiger partial charge in [0.05, 0.1) is 12.3 Å². The van der Waals surface area contributed by atoms with E-state index in [2.05, 4.69) is 4.98 Å². The van der Waals surface area contributed by atoms with E-state index in [0.29, 0.717) is 12.5 Å². The van der Waals surface area contributed by atoms with Crippen molar-refractivity contribution in [2.24, 2.45) is 0 Å². The Balaban J connectivity index is 1.87. The van der Waals surface area contributed by atoms with Crippen molar-refractivity contribution in [2.75, 3.05) is 13.2 Å². The molecule has 0 N–H and O–H groups in total. The van der Waals surface area contributed by atoms with Crippen LogP contribution in [0.15, 0.2) is 28.8 Å². The Kier molecular flexibility index (Phi) is 1.93. The number of hydrogen-bond acceptors (Lipinski definition) is 4. The maximum atomic E-state index is 5.79. The Morgan fingerprint density at radius 1 is 1.50 bits per heavy atom. The number of aromatic nitrogens is 2. The van der Waals surface area contributed by atoms with Crippen LogP contribution < -0.4 is 4.74 Å². The lowest BCUT2D eigenvalue weighted by Gasteiger charge is -2.04. The molecular formula is C13H12N2O3. The lowest BCUT2D eigenvalue weighted by molar-refractivity contribution is 0.265. The predicted octanol–water partition coefficient (Wildman–Crippen LogP) is 2.17. The molecule has 0 amide bonds. The summed E-state index contributed by atoms with van der Waals surface area (Å²) in [5.74, 6) is 1.40. The molecule has 1 unspecified atom stereocenters. The van der Waals surface area contributed by atoms with E-state index in [9.17, 15) is 0 Å². The summed E-state index contributed by atoms with van der Waals surface area (Å²) in [6.07, 6.45) is 2.19. The van der Waals surface area contributed by atoms with E-state index in [1.807, 2.05) is 35.7 Å². The highest BCUT2D eigenvalue weighted by molar-refractivity contribution is 5.83. The maximum Gasteiger partial charge on any atom is 0.307 e. The molecule has 1 saturated heterocycles. The molecular weight excluding hydrogens is 232 g/mol. The van der Waals surface area contributed by atoms with Crippen molar-refractivity contribution < 1.29 is 13.9 Å². The lowest BCUT2D eigenvalue weighted by atomic mass is 10.3. The fourth-order valence-corrected chi connectivity index (χ4v) is 2.09. The molecule has 0 radical (unpaired) electrons. The molecule has 92 valence electrons. The van der Waals surface area contributed by atoms with Crippen LogP contribution in [0.1, 0.15) is 5.69 Å². The van der Waals surface area contributed by atoms with Gasteiger partial charge in [0, 0.05) is 6.20 Å². The van der Waals surface area contributed by atoms with Crippen molar-refractivity contribution in [3.63, 3.8) is 0 Å². The van der Waals surface area contributed by atoms with Crippen molar-refractivity contribution in [3.8, 4) is 5.75 Å². The highest BCUT2D eigenvalue weighted by atomic mass is 16.6. The number of epoxide rings is 1. The number of fused-ring (bicyclic) bond motifs is 3. The van der Waals surface area contributed by atoms with Crippen LogP contribution >= 0.6 is 0 Å². The van der Waals surface area contributed by atoms with Crippen molar-refractivity contribution in [1.82, 2.24) is 9.38 Å². The Hall–Kier alpha value is -2.01. The summed E-state index contributed by atoms with van der Waals surface area (Å²) in [5.41, 5.74) is 2.64. The first-order valence-corrected chi connectivity index (χ1v) is 5.93. The third kappa shape index (κ3) is 1.48. The number of rotatable bonds is 3. The van der Waals surface area contributed by atoms with Gasteiger partial charge in [0.25, 0.3) is 0 Å². The van der Waals surface area contributed by atoms with Crippen LogP contribution in [-0.2, 0) is 4.74 Å². The number of imidazole rings is 1. The standard InChI is InChI=1S/C13H12N2O3/c1-8-5-15-12-10(17-7-9-6-16-9)3-2-4-11(12)18-13(15)14-8/h2-5,9H,6-7H2,1H3. The van der Waals surface area contributed by atoms with E-state index >= 15 is 0 Å². The zero-order valence-corrected chi connectivity index (χ0v) is 9.92. The van der Waals surface area contributed by atoms with Crippen molar-refractivity contribution in [3.05, 3.63) is 30.1 Å². The van der Waals surface area contributed by atoms with E-state index in [4.69, 9.17) is 13.9 Å². The number of nitrogens with zero attached hydrogens (tertiary/aromatic N) is 2. The molecule has 1 atom stereocenters. The average molecular weight is 244 g/mol. The number of oxazole rings is 1. The minimum atomic E-state index is 0.243.